The molecular weight excluding hydrogens is 330 g/mol. The monoisotopic (exact) mass is 349 g/mol. The molecule has 0 spiro atoms. The Morgan fingerprint density at radius 1 is 1.29 bits per heavy atom. The summed E-state index contributed by atoms with van der Waals surface area (Å²) in [4.78, 5) is 13.5. The van der Waals surface area contributed by atoms with Crippen LogP contribution >= 0.6 is 0 Å². The van der Waals surface area contributed by atoms with Crippen LogP contribution in [0.2, 0.25) is 0 Å². The molecule has 1 aromatic rings. The molecule has 0 aromatic heterocycles. The lowest BCUT2D eigenvalue weighted by atomic mass is 10.1. The maximum absolute atomic E-state index is 13.6. The van der Waals surface area contributed by atoms with Crippen molar-refractivity contribution < 1.29 is 27.1 Å². The highest BCUT2D eigenvalue weighted by Gasteiger charge is 2.22. The van der Waals surface area contributed by atoms with E-state index in [1.807, 2.05) is 0 Å². The van der Waals surface area contributed by atoms with E-state index >= 15 is 0 Å². The molecule has 2 N–H and O–H groups in total. The molecule has 0 bridgehead atoms. The number of hydrogen-bond donors (Lipinski definition) is 2. The van der Waals surface area contributed by atoms with E-state index in [-0.39, 0.29) is 18.3 Å². The van der Waals surface area contributed by atoms with Gasteiger partial charge in [-0.2, -0.15) is 0 Å². The first-order valence-corrected chi connectivity index (χ1v) is 7.50. The van der Waals surface area contributed by atoms with Gasteiger partial charge in [0.05, 0.1) is 13.7 Å². The minimum absolute atomic E-state index is 0.0431. The number of carbonyl (C=O) groups is 1. The summed E-state index contributed by atoms with van der Waals surface area (Å²) in [6.07, 6.45) is -1.31. The third-order valence-electron chi connectivity index (χ3n) is 3.78. The number of ether oxygens (including phenoxy) is 1. The zero-order valence-electron chi connectivity index (χ0n) is 13.1. The summed E-state index contributed by atoms with van der Waals surface area (Å²) in [7, 11) is 1.14. The van der Waals surface area contributed by atoms with Gasteiger partial charge in [0.15, 0.2) is 17.4 Å². The SMILES string of the molecule is COc1c(F)cc(NC(=O)NC2CCN(CC(F)F)CC2)cc1F. The van der Waals surface area contributed by atoms with Crippen LogP contribution in [0.15, 0.2) is 12.1 Å². The fourth-order valence-corrected chi connectivity index (χ4v) is 2.63. The first kappa shape index (κ1) is 18.3. The molecule has 0 aliphatic carbocycles. The van der Waals surface area contributed by atoms with Crippen molar-refractivity contribution in [2.45, 2.75) is 25.3 Å². The molecule has 0 saturated carbocycles. The number of halogens is 4. The predicted molar refractivity (Wildman–Crippen MR) is 80.5 cm³/mol. The van der Waals surface area contributed by atoms with E-state index in [1.165, 1.54) is 0 Å². The molecule has 24 heavy (non-hydrogen) atoms. The summed E-state index contributed by atoms with van der Waals surface area (Å²) in [5.41, 5.74) is -0.0431. The number of nitrogens with zero attached hydrogens (tertiary/aromatic N) is 1. The lowest BCUT2D eigenvalue weighted by Gasteiger charge is -2.32. The number of urea groups is 1. The Balaban J connectivity index is 1.84. The summed E-state index contributed by atoms with van der Waals surface area (Å²) >= 11 is 0. The van der Waals surface area contributed by atoms with Gasteiger partial charge in [-0.25, -0.2) is 22.4 Å². The van der Waals surface area contributed by atoms with Gasteiger partial charge in [-0.3, -0.25) is 4.90 Å². The Morgan fingerprint density at radius 3 is 2.38 bits per heavy atom. The summed E-state index contributed by atoms with van der Waals surface area (Å²) in [5, 5.41) is 5.01. The molecule has 0 radical (unpaired) electrons. The minimum Gasteiger partial charge on any atom is -0.491 e. The number of likely N-dealkylation sites (tertiary alicyclic amines) is 1. The largest absolute Gasteiger partial charge is 0.491 e. The van der Waals surface area contributed by atoms with Gasteiger partial charge in [0.2, 0.25) is 0 Å². The van der Waals surface area contributed by atoms with Gasteiger partial charge >= 0.3 is 6.03 Å². The molecule has 1 aliphatic rings. The zero-order chi connectivity index (χ0) is 17.7. The second-order valence-corrected chi connectivity index (χ2v) is 5.54. The van der Waals surface area contributed by atoms with Gasteiger partial charge in [0.1, 0.15) is 0 Å². The molecule has 1 saturated heterocycles. The van der Waals surface area contributed by atoms with Gasteiger partial charge in [-0.1, -0.05) is 0 Å². The molecule has 0 atom stereocenters. The smallest absolute Gasteiger partial charge is 0.319 e. The van der Waals surface area contributed by atoms with Crippen molar-refractivity contribution in [2.75, 3.05) is 32.1 Å². The van der Waals surface area contributed by atoms with Gasteiger partial charge in [-0.05, 0) is 12.8 Å². The molecule has 134 valence electrons. The van der Waals surface area contributed by atoms with Gasteiger partial charge < -0.3 is 15.4 Å². The van der Waals surface area contributed by atoms with Crippen LogP contribution in [0.3, 0.4) is 0 Å². The van der Waals surface area contributed by atoms with Crippen molar-refractivity contribution in [2.24, 2.45) is 0 Å². The third kappa shape index (κ3) is 4.98. The number of piperidine rings is 1. The average Bonchev–Trinajstić information content (AvgIpc) is 2.48. The van der Waals surface area contributed by atoms with Crippen LogP contribution in [0.25, 0.3) is 0 Å². The quantitative estimate of drug-likeness (QED) is 0.804. The Hall–Kier alpha value is -2.03. The molecule has 5 nitrogen and oxygen atoms in total. The standard InChI is InChI=1S/C15H19F4N3O2/c1-24-14-11(16)6-10(7-12(14)17)21-15(23)20-9-2-4-22(5-3-9)8-13(18)19/h6-7,9,13H,2-5,8H2,1H3,(H2,20,21,23). The van der Waals surface area contributed by atoms with Crippen LogP contribution in [0.1, 0.15) is 12.8 Å². The van der Waals surface area contributed by atoms with Gasteiger partial charge in [0, 0.05) is 37.0 Å². The van der Waals surface area contributed by atoms with Crippen LogP contribution < -0.4 is 15.4 Å². The fourth-order valence-electron chi connectivity index (χ4n) is 2.63. The third-order valence-corrected chi connectivity index (χ3v) is 3.78. The van der Waals surface area contributed by atoms with Crippen molar-refractivity contribution in [3.05, 3.63) is 23.8 Å². The van der Waals surface area contributed by atoms with Gasteiger partial charge in [-0.15, -0.1) is 0 Å². The van der Waals surface area contributed by atoms with Gasteiger partial charge in [0.25, 0.3) is 6.43 Å². The summed E-state index contributed by atoms with van der Waals surface area (Å²) in [6.45, 7) is 0.644. The number of methoxy groups -OCH3 is 1. The van der Waals surface area contributed by atoms with Crippen molar-refractivity contribution >= 4 is 11.7 Å². The zero-order valence-corrected chi connectivity index (χ0v) is 13.1. The molecular formula is C15H19F4N3O2. The van der Waals surface area contributed by atoms with Crippen LogP contribution in [0, 0.1) is 11.6 Å². The normalized spacial score (nSPS) is 16.2. The first-order valence-electron chi connectivity index (χ1n) is 7.50. The molecule has 1 heterocycles. The van der Waals surface area contributed by atoms with Crippen LogP contribution in [0.4, 0.5) is 28.0 Å². The molecule has 1 aliphatic heterocycles. The molecule has 2 rings (SSSR count). The van der Waals surface area contributed by atoms with Crippen LogP contribution in [0.5, 0.6) is 5.75 Å². The number of amides is 2. The summed E-state index contributed by atoms with van der Waals surface area (Å²) in [5.74, 6) is -2.37. The van der Waals surface area contributed by atoms with Crippen molar-refractivity contribution in [1.29, 1.82) is 0 Å². The maximum Gasteiger partial charge on any atom is 0.319 e. The Morgan fingerprint density at radius 2 is 1.88 bits per heavy atom. The van der Waals surface area contributed by atoms with E-state index in [4.69, 9.17) is 0 Å². The van der Waals surface area contributed by atoms with E-state index in [2.05, 4.69) is 15.4 Å². The summed E-state index contributed by atoms with van der Waals surface area (Å²) < 4.78 is 56.3. The van der Waals surface area contributed by atoms with Crippen LogP contribution in [-0.2, 0) is 0 Å². The van der Waals surface area contributed by atoms with E-state index in [0.29, 0.717) is 25.9 Å². The number of anilines is 1. The first-order chi connectivity index (χ1) is 11.4. The number of carbonyl (C=O) groups excluding carboxylic acids is 1. The van der Waals surface area contributed by atoms with E-state index in [9.17, 15) is 22.4 Å². The lowest BCUT2D eigenvalue weighted by molar-refractivity contribution is 0.0739. The maximum atomic E-state index is 13.6. The molecule has 1 fully saturated rings. The van der Waals surface area contributed by atoms with Crippen LogP contribution in [-0.4, -0.2) is 50.1 Å². The fraction of sp³-hybridized carbons (Fsp3) is 0.533. The highest BCUT2D eigenvalue weighted by Crippen LogP contribution is 2.25. The van der Waals surface area contributed by atoms with E-state index in [0.717, 1.165) is 19.2 Å². The average molecular weight is 349 g/mol. The highest BCUT2D eigenvalue weighted by atomic mass is 19.3. The topological polar surface area (TPSA) is 53.6 Å². The van der Waals surface area contributed by atoms with Crippen molar-refractivity contribution in [1.82, 2.24) is 10.2 Å². The number of rotatable bonds is 5. The molecule has 0 unspecified atom stereocenters. The number of nitrogens with one attached hydrogen (secondary N) is 2. The number of alkyl halides is 2. The Kier molecular flexibility index (Phi) is 6.24. The molecule has 2 amide bonds. The number of benzene rings is 1. The molecule has 9 heteroatoms. The molecule has 1 aromatic carbocycles. The van der Waals surface area contributed by atoms with Crippen molar-refractivity contribution in [3.8, 4) is 5.75 Å². The second kappa shape index (κ2) is 8.18. The lowest BCUT2D eigenvalue weighted by Crippen LogP contribution is -2.46. The Bertz CT molecular complexity index is 555. The number of hydrogen-bond acceptors (Lipinski definition) is 3. The minimum atomic E-state index is -2.38. The van der Waals surface area contributed by atoms with E-state index < -0.39 is 29.8 Å². The predicted octanol–water partition coefficient (Wildman–Crippen LogP) is 2.82. The van der Waals surface area contributed by atoms with Crippen molar-refractivity contribution in [3.63, 3.8) is 0 Å². The Labute approximate surface area is 137 Å². The van der Waals surface area contributed by atoms with E-state index in [1.54, 1.807) is 4.90 Å². The summed E-state index contributed by atoms with van der Waals surface area (Å²) in [6, 6.07) is 1.12. The highest BCUT2D eigenvalue weighted by molar-refractivity contribution is 5.89. The second-order valence-electron chi connectivity index (χ2n) is 5.54.